The van der Waals surface area contributed by atoms with Crippen molar-refractivity contribution in [2.45, 2.75) is 24.9 Å². The molecule has 3 atom stereocenters. The van der Waals surface area contributed by atoms with Crippen LogP contribution in [0.4, 0.5) is 0 Å². The number of nitrogens with one attached hydrogen (secondary N) is 2. The van der Waals surface area contributed by atoms with Gasteiger partial charge in [-0.3, -0.25) is 5.32 Å². The molecule has 0 aromatic rings. The van der Waals surface area contributed by atoms with Crippen molar-refractivity contribution in [3.05, 3.63) is 10.7 Å². The van der Waals surface area contributed by atoms with E-state index >= 15 is 0 Å². The van der Waals surface area contributed by atoms with Crippen LogP contribution in [0.5, 0.6) is 0 Å². The SMILES string of the molecule is OC1CO[C@H]2CC=C(Br)N[C@H]2N1. The molecule has 2 rings (SSSR count). The van der Waals surface area contributed by atoms with Gasteiger partial charge in [-0.15, -0.1) is 0 Å². The van der Waals surface area contributed by atoms with Crippen LogP contribution in [0.3, 0.4) is 0 Å². The first-order valence-electron chi connectivity index (χ1n) is 3.93. The van der Waals surface area contributed by atoms with Crippen LogP contribution in [0, 0.1) is 0 Å². The van der Waals surface area contributed by atoms with E-state index in [9.17, 15) is 5.11 Å². The Hall–Kier alpha value is -0.100. The first-order valence-corrected chi connectivity index (χ1v) is 4.73. The highest BCUT2D eigenvalue weighted by atomic mass is 79.9. The monoisotopic (exact) mass is 234 g/mol. The zero-order valence-electron chi connectivity index (χ0n) is 6.46. The third-order valence-corrected chi connectivity index (χ3v) is 2.59. The maximum Gasteiger partial charge on any atom is 0.130 e. The predicted molar refractivity (Wildman–Crippen MR) is 47.4 cm³/mol. The number of fused-ring (bicyclic) bond motifs is 1. The van der Waals surface area contributed by atoms with Crippen molar-refractivity contribution in [1.29, 1.82) is 0 Å². The number of aliphatic hydroxyl groups is 1. The van der Waals surface area contributed by atoms with E-state index in [1.807, 2.05) is 6.08 Å². The molecule has 5 heteroatoms. The molecule has 1 unspecified atom stereocenters. The standard InChI is InChI=1S/C7H11BrN2O2/c8-5-2-1-4-7(9-5)10-6(11)3-12-4/h2,4,6-7,9-11H,1,3H2/t4-,6?,7-/m0/s1. The summed E-state index contributed by atoms with van der Waals surface area (Å²) in [7, 11) is 0. The zero-order valence-corrected chi connectivity index (χ0v) is 8.04. The number of morpholine rings is 1. The van der Waals surface area contributed by atoms with Crippen molar-refractivity contribution in [3.63, 3.8) is 0 Å². The normalized spacial score (nSPS) is 41.2. The van der Waals surface area contributed by atoms with Gasteiger partial charge in [0.1, 0.15) is 12.4 Å². The fourth-order valence-electron chi connectivity index (χ4n) is 1.44. The highest BCUT2D eigenvalue weighted by molar-refractivity contribution is 9.11. The average Bonchev–Trinajstić information content (AvgIpc) is 2.03. The molecule has 0 saturated carbocycles. The lowest BCUT2D eigenvalue weighted by atomic mass is 10.1. The van der Waals surface area contributed by atoms with Crippen molar-refractivity contribution in [2.24, 2.45) is 0 Å². The molecule has 3 N–H and O–H groups in total. The number of rotatable bonds is 0. The Morgan fingerprint density at radius 3 is 3.33 bits per heavy atom. The van der Waals surface area contributed by atoms with Gasteiger partial charge in [-0.1, -0.05) is 6.08 Å². The van der Waals surface area contributed by atoms with Crippen LogP contribution in [-0.4, -0.2) is 30.2 Å². The number of hydrogen-bond acceptors (Lipinski definition) is 4. The summed E-state index contributed by atoms with van der Waals surface area (Å²) in [6.45, 7) is 0.369. The minimum absolute atomic E-state index is 0.0214. The van der Waals surface area contributed by atoms with Gasteiger partial charge in [0.25, 0.3) is 0 Å². The maximum atomic E-state index is 9.22. The van der Waals surface area contributed by atoms with E-state index in [0.29, 0.717) is 6.61 Å². The summed E-state index contributed by atoms with van der Waals surface area (Å²) in [5, 5.41) is 15.4. The second-order valence-electron chi connectivity index (χ2n) is 2.96. The molecule has 1 saturated heterocycles. The second-order valence-corrected chi connectivity index (χ2v) is 3.82. The summed E-state index contributed by atoms with van der Waals surface area (Å²) in [6, 6.07) is 0. The van der Waals surface area contributed by atoms with E-state index in [-0.39, 0.29) is 12.3 Å². The maximum absolute atomic E-state index is 9.22. The smallest absolute Gasteiger partial charge is 0.130 e. The highest BCUT2D eigenvalue weighted by Gasteiger charge is 2.31. The van der Waals surface area contributed by atoms with E-state index in [1.165, 1.54) is 0 Å². The summed E-state index contributed by atoms with van der Waals surface area (Å²) in [5.41, 5.74) is 0. The Balaban J connectivity index is 2.03. The van der Waals surface area contributed by atoms with Crippen molar-refractivity contribution < 1.29 is 9.84 Å². The quantitative estimate of drug-likeness (QED) is 0.511. The van der Waals surface area contributed by atoms with Gasteiger partial charge in [0.15, 0.2) is 0 Å². The molecule has 2 aliphatic heterocycles. The third kappa shape index (κ3) is 1.64. The van der Waals surface area contributed by atoms with Crippen LogP contribution < -0.4 is 10.6 Å². The second kappa shape index (κ2) is 3.33. The summed E-state index contributed by atoms with van der Waals surface area (Å²) in [4.78, 5) is 0. The molecule has 0 aliphatic carbocycles. The van der Waals surface area contributed by atoms with E-state index in [0.717, 1.165) is 11.0 Å². The molecule has 12 heavy (non-hydrogen) atoms. The molecule has 2 aliphatic rings. The van der Waals surface area contributed by atoms with E-state index in [1.54, 1.807) is 0 Å². The van der Waals surface area contributed by atoms with Crippen molar-refractivity contribution in [1.82, 2.24) is 10.6 Å². The first-order chi connectivity index (χ1) is 5.75. The molecule has 0 spiro atoms. The van der Waals surface area contributed by atoms with Crippen molar-refractivity contribution >= 4 is 15.9 Å². The summed E-state index contributed by atoms with van der Waals surface area (Å²) >= 11 is 3.34. The average molecular weight is 235 g/mol. The van der Waals surface area contributed by atoms with Crippen LogP contribution in [-0.2, 0) is 4.74 Å². The fourth-order valence-corrected chi connectivity index (χ4v) is 1.87. The van der Waals surface area contributed by atoms with Gasteiger partial charge in [0.2, 0.25) is 0 Å². The van der Waals surface area contributed by atoms with E-state index < -0.39 is 6.23 Å². The number of aliphatic hydroxyl groups excluding tert-OH is 1. The molecule has 1 fully saturated rings. The lowest BCUT2D eigenvalue weighted by Gasteiger charge is -2.38. The summed E-state index contributed by atoms with van der Waals surface area (Å²) in [5.74, 6) is 0. The van der Waals surface area contributed by atoms with Crippen LogP contribution in [0.15, 0.2) is 10.7 Å². The Bertz CT molecular complexity index is 210. The molecule has 68 valence electrons. The van der Waals surface area contributed by atoms with Gasteiger partial charge in [-0.2, -0.15) is 0 Å². The van der Waals surface area contributed by atoms with Gasteiger partial charge >= 0.3 is 0 Å². The van der Waals surface area contributed by atoms with Crippen LogP contribution in [0.2, 0.25) is 0 Å². The van der Waals surface area contributed by atoms with Crippen molar-refractivity contribution in [2.75, 3.05) is 6.61 Å². The van der Waals surface area contributed by atoms with Gasteiger partial charge in [-0.25, -0.2) is 0 Å². The molecule has 0 radical (unpaired) electrons. The van der Waals surface area contributed by atoms with Crippen LogP contribution in [0.1, 0.15) is 6.42 Å². The Kier molecular flexibility index (Phi) is 2.36. The third-order valence-electron chi connectivity index (χ3n) is 2.03. The molecule has 4 nitrogen and oxygen atoms in total. The van der Waals surface area contributed by atoms with E-state index in [2.05, 4.69) is 26.6 Å². The lowest BCUT2D eigenvalue weighted by Crippen LogP contribution is -2.60. The van der Waals surface area contributed by atoms with Gasteiger partial charge in [0, 0.05) is 0 Å². The van der Waals surface area contributed by atoms with Gasteiger partial charge in [-0.05, 0) is 22.4 Å². The predicted octanol–water partition coefficient (Wildman–Crippen LogP) is -0.151. The van der Waals surface area contributed by atoms with Crippen LogP contribution >= 0.6 is 15.9 Å². The molecular weight excluding hydrogens is 224 g/mol. The zero-order chi connectivity index (χ0) is 8.55. The largest absolute Gasteiger partial charge is 0.376 e. The molecule has 2 heterocycles. The fraction of sp³-hybridized carbons (Fsp3) is 0.714. The molecule has 0 aromatic carbocycles. The Labute approximate surface area is 79.1 Å². The Morgan fingerprint density at radius 1 is 1.67 bits per heavy atom. The molecular formula is C7H11BrN2O2. The minimum atomic E-state index is -0.558. The highest BCUT2D eigenvalue weighted by Crippen LogP contribution is 2.18. The first kappa shape index (κ1) is 8.50. The Morgan fingerprint density at radius 2 is 2.50 bits per heavy atom. The number of halogens is 1. The summed E-state index contributed by atoms with van der Waals surface area (Å²) in [6.07, 6.45) is 2.50. The number of ether oxygens (including phenoxy) is 1. The number of hydrogen-bond donors (Lipinski definition) is 3. The van der Waals surface area contributed by atoms with Crippen LogP contribution in [0.25, 0.3) is 0 Å². The van der Waals surface area contributed by atoms with Crippen molar-refractivity contribution in [3.8, 4) is 0 Å². The topological polar surface area (TPSA) is 53.5 Å². The molecule has 0 bridgehead atoms. The van der Waals surface area contributed by atoms with Gasteiger partial charge < -0.3 is 15.2 Å². The molecule has 0 amide bonds. The van der Waals surface area contributed by atoms with E-state index in [4.69, 9.17) is 4.74 Å². The minimum Gasteiger partial charge on any atom is -0.376 e. The van der Waals surface area contributed by atoms with Gasteiger partial charge in [0.05, 0.1) is 17.3 Å². The lowest BCUT2D eigenvalue weighted by molar-refractivity contribution is -0.0929. The molecule has 0 aromatic heterocycles. The summed E-state index contributed by atoms with van der Waals surface area (Å²) < 4.78 is 6.35.